The molecule has 0 saturated carbocycles. The molecule has 0 spiro atoms. The van der Waals surface area contributed by atoms with Gasteiger partial charge in [-0.05, 0) is 18.4 Å². The minimum Gasteiger partial charge on any atom is -0.389 e. The number of benzene rings is 1. The molecule has 0 amide bonds. The second-order valence-corrected chi connectivity index (χ2v) is 4.00. The van der Waals surface area contributed by atoms with Gasteiger partial charge in [-0.1, -0.05) is 42.5 Å². The van der Waals surface area contributed by atoms with Crippen LogP contribution in [0.3, 0.4) is 0 Å². The molecule has 15 heavy (non-hydrogen) atoms. The summed E-state index contributed by atoms with van der Waals surface area (Å²) in [6, 6.07) is 10.8. The highest BCUT2D eigenvalue weighted by molar-refractivity contribution is 5.15. The first-order chi connectivity index (χ1) is 7.34. The lowest BCUT2D eigenvalue weighted by atomic mass is 10.0. The minimum absolute atomic E-state index is 0.236. The fourth-order valence-corrected chi connectivity index (χ4v) is 1.82. The zero-order chi connectivity index (χ0) is 10.5. The van der Waals surface area contributed by atoms with Crippen molar-refractivity contribution in [2.45, 2.75) is 31.5 Å². The first-order valence-electron chi connectivity index (χ1n) is 5.48. The molecule has 2 heteroatoms. The third-order valence-electron chi connectivity index (χ3n) is 2.75. The molecule has 0 radical (unpaired) electrons. The molecular weight excluding hydrogens is 186 g/mol. The Morgan fingerprint density at radius 1 is 1.13 bits per heavy atom. The van der Waals surface area contributed by atoms with E-state index >= 15 is 0 Å². The minimum atomic E-state index is -0.236. The summed E-state index contributed by atoms with van der Waals surface area (Å²) >= 11 is 0. The molecule has 1 aromatic rings. The predicted octanol–water partition coefficient (Wildman–Crippen LogP) is 1.86. The zero-order valence-electron chi connectivity index (χ0n) is 8.76. The quantitative estimate of drug-likeness (QED) is 0.735. The molecule has 0 unspecified atom stereocenters. The SMILES string of the molecule is O[C@@H]1C=C[C@@H](NCc2ccccc2)CC1. The van der Waals surface area contributed by atoms with Gasteiger partial charge in [-0.3, -0.25) is 0 Å². The Balaban J connectivity index is 1.82. The Kier molecular flexibility index (Phi) is 3.54. The highest BCUT2D eigenvalue weighted by atomic mass is 16.3. The van der Waals surface area contributed by atoms with Gasteiger partial charge in [0.05, 0.1) is 6.10 Å². The van der Waals surface area contributed by atoms with Gasteiger partial charge in [0.15, 0.2) is 0 Å². The summed E-state index contributed by atoms with van der Waals surface area (Å²) in [5, 5.41) is 12.8. The third kappa shape index (κ3) is 3.18. The van der Waals surface area contributed by atoms with Crippen molar-refractivity contribution < 1.29 is 5.11 Å². The highest BCUT2D eigenvalue weighted by Gasteiger charge is 2.12. The average Bonchev–Trinajstić information content (AvgIpc) is 2.30. The van der Waals surface area contributed by atoms with Gasteiger partial charge in [0.25, 0.3) is 0 Å². The lowest BCUT2D eigenvalue weighted by Gasteiger charge is -2.20. The highest BCUT2D eigenvalue weighted by Crippen LogP contribution is 2.11. The van der Waals surface area contributed by atoms with Crippen molar-refractivity contribution in [3.63, 3.8) is 0 Å². The van der Waals surface area contributed by atoms with Gasteiger partial charge < -0.3 is 10.4 Å². The summed E-state index contributed by atoms with van der Waals surface area (Å²) in [6.07, 6.45) is 5.59. The molecule has 1 aliphatic rings. The summed E-state index contributed by atoms with van der Waals surface area (Å²) in [7, 11) is 0. The second kappa shape index (κ2) is 5.10. The molecule has 2 nitrogen and oxygen atoms in total. The van der Waals surface area contributed by atoms with E-state index in [9.17, 15) is 5.11 Å². The fraction of sp³-hybridized carbons (Fsp3) is 0.385. The van der Waals surface area contributed by atoms with Crippen LogP contribution >= 0.6 is 0 Å². The van der Waals surface area contributed by atoms with E-state index in [2.05, 4.69) is 35.7 Å². The summed E-state index contributed by atoms with van der Waals surface area (Å²) in [6.45, 7) is 0.895. The average molecular weight is 203 g/mol. The van der Waals surface area contributed by atoms with Crippen molar-refractivity contribution in [2.75, 3.05) is 0 Å². The maximum Gasteiger partial charge on any atom is 0.0722 e. The van der Waals surface area contributed by atoms with E-state index in [1.807, 2.05) is 12.1 Å². The Labute approximate surface area is 90.6 Å². The molecule has 0 aliphatic heterocycles. The molecule has 1 aliphatic carbocycles. The molecule has 0 aromatic heterocycles. The molecule has 0 saturated heterocycles. The van der Waals surface area contributed by atoms with Crippen LogP contribution in [-0.2, 0) is 6.54 Å². The number of hydrogen-bond donors (Lipinski definition) is 2. The summed E-state index contributed by atoms with van der Waals surface area (Å²) < 4.78 is 0. The standard InChI is InChI=1S/C13H17NO/c15-13-8-6-12(7-9-13)14-10-11-4-2-1-3-5-11/h1-6,8,12-15H,7,9-10H2/t12-,13-/m1/s1. The smallest absolute Gasteiger partial charge is 0.0722 e. The number of hydrogen-bond acceptors (Lipinski definition) is 2. The molecule has 1 aromatic carbocycles. The predicted molar refractivity (Wildman–Crippen MR) is 61.5 cm³/mol. The second-order valence-electron chi connectivity index (χ2n) is 4.00. The monoisotopic (exact) mass is 203 g/mol. The summed E-state index contributed by atoms with van der Waals surface area (Å²) in [4.78, 5) is 0. The number of aliphatic hydroxyl groups is 1. The van der Waals surface area contributed by atoms with E-state index in [0.717, 1.165) is 19.4 Å². The van der Waals surface area contributed by atoms with Gasteiger partial charge in [-0.15, -0.1) is 0 Å². The normalized spacial score (nSPS) is 25.4. The molecule has 2 rings (SSSR count). The molecule has 0 heterocycles. The number of nitrogens with one attached hydrogen (secondary N) is 1. The van der Waals surface area contributed by atoms with Gasteiger partial charge in [0.1, 0.15) is 0 Å². The zero-order valence-corrected chi connectivity index (χ0v) is 8.76. The Morgan fingerprint density at radius 2 is 1.93 bits per heavy atom. The summed E-state index contributed by atoms with van der Waals surface area (Å²) in [5.74, 6) is 0. The van der Waals surface area contributed by atoms with E-state index < -0.39 is 0 Å². The topological polar surface area (TPSA) is 32.3 Å². The van der Waals surface area contributed by atoms with Crippen molar-refractivity contribution in [3.05, 3.63) is 48.0 Å². The number of aliphatic hydroxyl groups excluding tert-OH is 1. The van der Waals surface area contributed by atoms with Crippen LogP contribution in [0.1, 0.15) is 18.4 Å². The lowest BCUT2D eigenvalue weighted by Crippen LogP contribution is -2.30. The van der Waals surface area contributed by atoms with Crippen LogP contribution in [0.5, 0.6) is 0 Å². The van der Waals surface area contributed by atoms with Crippen molar-refractivity contribution in [3.8, 4) is 0 Å². The van der Waals surface area contributed by atoms with Crippen LogP contribution in [0.25, 0.3) is 0 Å². The van der Waals surface area contributed by atoms with Gasteiger partial charge in [0.2, 0.25) is 0 Å². The molecule has 80 valence electrons. The van der Waals surface area contributed by atoms with E-state index in [0.29, 0.717) is 6.04 Å². The van der Waals surface area contributed by atoms with Crippen LogP contribution < -0.4 is 5.32 Å². The molecule has 2 N–H and O–H groups in total. The maximum atomic E-state index is 9.30. The van der Waals surface area contributed by atoms with Gasteiger partial charge >= 0.3 is 0 Å². The molecule has 0 bridgehead atoms. The third-order valence-corrected chi connectivity index (χ3v) is 2.75. The van der Waals surface area contributed by atoms with Crippen molar-refractivity contribution in [1.29, 1.82) is 0 Å². The van der Waals surface area contributed by atoms with Crippen LogP contribution in [0.4, 0.5) is 0 Å². The largest absolute Gasteiger partial charge is 0.389 e. The van der Waals surface area contributed by atoms with Crippen LogP contribution in [0, 0.1) is 0 Å². The van der Waals surface area contributed by atoms with E-state index in [-0.39, 0.29) is 6.10 Å². The fourth-order valence-electron chi connectivity index (χ4n) is 1.82. The number of rotatable bonds is 3. The molecular formula is C13H17NO. The maximum absolute atomic E-state index is 9.30. The van der Waals surface area contributed by atoms with Crippen molar-refractivity contribution in [1.82, 2.24) is 5.32 Å². The van der Waals surface area contributed by atoms with Crippen LogP contribution in [0.15, 0.2) is 42.5 Å². The first kappa shape index (κ1) is 10.4. The summed E-state index contributed by atoms with van der Waals surface area (Å²) in [5.41, 5.74) is 1.30. The van der Waals surface area contributed by atoms with Gasteiger partial charge in [-0.2, -0.15) is 0 Å². The van der Waals surface area contributed by atoms with Crippen LogP contribution in [-0.4, -0.2) is 17.3 Å². The van der Waals surface area contributed by atoms with Crippen molar-refractivity contribution >= 4 is 0 Å². The Morgan fingerprint density at radius 3 is 2.60 bits per heavy atom. The van der Waals surface area contributed by atoms with Crippen LogP contribution in [0.2, 0.25) is 0 Å². The van der Waals surface area contributed by atoms with E-state index in [1.54, 1.807) is 0 Å². The molecule has 0 fully saturated rings. The van der Waals surface area contributed by atoms with Gasteiger partial charge in [0, 0.05) is 12.6 Å². The first-order valence-corrected chi connectivity index (χ1v) is 5.48. The van der Waals surface area contributed by atoms with E-state index in [1.165, 1.54) is 5.56 Å². The molecule has 2 atom stereocenters. The van der Waals surface area contributed by atoms with Crippen molar-refractivity contribution in [2.24, 2.45) is 0 Å². The Bertz CT molecular complexity index is 321. The van der Waals surface area contributed by atoms with E-state index in [4.69, 9.17) is 0 Å². The lowest BCUT2D eigenvalue weighted by molar-refractivity contribution is 0.198. The Hall–Kier alpha value is -1.12. The van der Waals surface area contributed by atoms with Gasteiger partial charge in [-0.25, -0.2) is 0 Å².